The molecule has 0 bridgehead atoms. The molecule has 0 aliphatic carbocycles. The van der Waals surface area contributed by atoms with Crippen molar-refractivity contribution in [1.29, 1.82) is 0 Å². The SMILES string of the molecule is CC(=O)NC1C(O)CC(OC2C(O)C(CO)OC(OC3C(CO)OC(C)C(N)C3O)C2O)(C(=O)O)OC1C(O)C(O)CO. The lowest BCUT2D eigenvalue weighted by Gasteiger charge is -2.50. The number of carboxylic acids is 1. The number of aliphatic hydroxyl groups is 9. The molecule has 3 aliphatic heterocycles. The second-order valence-electron chi connectivity index (χ2n) is 10.9. The van der Waals surface area contributed by atoms with E-state index in [1.165, 1.54) is 0 Å². The molecule has 16 unspecified atom stereocenters. The quantitative estimate of drug-likeness (QED) is 0.101. The van der Waals surface area contributed by atoms with Crippen LogP contribution in [-0.4, -0.2) is 180 Å². The average molecular weight is 631 g/mol. The summed E-state index contributed by atoms with van der Waals surface area (Å²) in [6.07, 6.45) is -22.9. The van der Waals surface area contributed by atoms with Crippen LogP contribution in [0.1, 0.15) is 20.3 Å². The predicted molar refractivity (Wildman–Crippen MR) is 135 cm³/mol. The second-order valence-corrected chi connectivity index (χ2v) is 10.9. The molecule has 16 atom stereocenters. The molecule has 0 radical (unpaired) electrons. The molecule has 0 spiro atoms. The topological polar surface area (TPSA) is 321 Å². The number of rotatable bonds is 11. The number of amides is 1. The lowest BCUT2D eigenvalue weighted by atomic mass is 9.88. The van der Waals surface area contributed by atoms with Crippen molar-refractivity contribution in [2.45, 2.75) is 118 Å². The van der Waals surface area contributed by atoms with Gasteiger partial charge in [-0.1, -0.05) is 0 Å². The summed E-state index contributed by atoms with van der Waals surface area (Å²) in [6.45, 7) is 0.0233. The van der Waals surface area contributed by atoms with Crippen LogP contribution in [0.2, 0.25) is 0 Å². The molecule has 0 aromatic carbocycles. The Morgan fingerprint density at radius 3 is 2.16 bits per heavy atom. The maximum Gasteiger partial charge on any atom is 0.364 e. The van der Waals surface area contributed by atoms with Crippen molar-refractivity contribution in [3.05, 3.63) is 0 Å². The summed E-state index contributed by atoms with van der Waals surface area (Å²) in [5.74, 6) is -5.62. The number of nitrogens with one attached hydrogen (secondary N) is 1. The van der Waals surface area contributed by atoms with Crippen LogP contribution < -0.4 is 11.1 Å². The van der Waals surface area contributed by atoms with Gasteiger partial charge in [0.15, 0.2) is 6.29 Å². The van der Waals surface area contributed by atoms with Gasteiger partial charge in [0.1, 0.15) is 61.0 Å². The van der Waals surface area contributed by atoms with E-state index in [2.05, 4.69) is 5.32 Å². The Morgan fingerprint density at radius 2 is 1.63 bits per heavy atom. The highest BCUT2D eigenvalue weighted by atomic mass is 16.8. The van der Waals surface area contributed by atoms with E-state index in [4.69, 9.17) is 29.4 Å². The van der Waals surface area contributed by atoms with Crippen LogP contribution >= 0.6 is 0 Å². The van der Waals surface area contributed by atoms with Gasteiger partial charge in [0, 0.05) is 13.3 Å². The van der Waals surface area contributed by atoms with Gasteiger partial charge in [-0.15, -0.1) is 0 Å². The zero-order valence-electron chi connectivity index (χ0n) is 23.4. The summed E-state index contributed by atoms with van der Waals surface area (Å²) in [5, 5.41) is 106. The first-order valence-electron chi connectivity index (χ1n) is 13.6. The lowest BCUT2D eigenvalue weighted by Crippen LogP contribution is -2.71. The first kappa shape index (κ1) is 35.8. The smallest absolute Gasteiger partial charge is 0.364 e. The number of ether oxygens (including phenoxy) is 5. The van der Waals surface area contributed by atoms with E-state index < -0.39 is 136 Å². The highest BCUT2D eigenvalue weighted by molar-refractivity contribution is 5.76. The molecule has 0 saturated carbocycles. The highest BCUT2D eigenvalue weighted by Gasteiger charge is 2.60. The fourth-order valence-electron chi connectivity index (χ4n) is 5.40. The minimum absolute atomic E-state index is 0.652. The number of carbonyl (C=O) groups excluding carboxylic acids is 1. The van der Waals surface area contributed by atoms with E-state index in [1.807, 2.05) is 0 Å². The molecule has 0 aromatic heterocycles. The predicted octanol–water partition coefficient (Wildman–Crippen LogP) is -7.19. The number of hydrogen-bond acceptors (Lipinski definition) is 17. The van der Waals surface area contributed by atoms with E-state index >= 15 is 0 Å². The van der Waals surface area contributed by atoms with Crippen molar-refractivity contribution in [3.8, 4) is 0 Å². The lowest BCUT2D eigenvalue weighted by molar-refractivity contribution is -0.379. The molecular formula is C24H42N2O17. The molecule has 3 heterocycles. The molecule has 0 aromatic rings. The van der Waals surface area contributed by atoms with Gasteiger partial charge in [-0.3, -0.25) is 4.79 Å². The fourth-order valence-corrected chi connectivity index (χ4v) is 5.40. The molecule has 19 nitrogen and oxygen atoms in total. The molecule has 250 valence electrons. The number of nitrogens with two attached hydrogens (primary N) is 1. The van der Waals surface area contributed by atoms with Gasteiger partial charge in [0.25, 0.3) is 5.79 Å². The third-order valence-electron chi connectivity index (χ3n) is 7.83. The number of aliphatic carboxylic acids is 1. The van der Waals surface area contributed by atoms with Gasteiger partial charge in [-0.2, -0.15) is 0 Å². The Morgan fingerprint density at radius 1 is 1.00 bits per heavy atom. The molecule has 19 heteroatoms. The van der Waals surface area contributed by atoms with Crippen LogP contribution in [0, 0.1) is 0 Å². The van der Waals surface area contributed by atoms with E-state index in [9.17, 15) is 60.7 Å². The second kappa shape index (κ2) is 14.6. The molecule has 3 aliphatic rings. The summed E-state index contributed by atoms with van der Waals surface area (Å²) in [6, 6.07) is -2.51. The monoisotopic (exact) mass is 630 g/mol. The maximum atomic E-state index is 12.6. The first-order valence-corrected chi connectivity index (χ1v) is 13.6. The summed E-state index contributed by atoms with van der Waals surface area (Å²) >= 11 is 0. The van der Waals surface area contributed by atoms with Crippen molar-refractivity contribution in [3.63, 3.8) is 0 Å². The van der Waals surface area contributed by atoms with E-state index in [0.717, 1.165) is 6.92 Å². The standard InChI is InChI=1S/C24H42N2O17/c1-7-13(25)17(35)19(12(6-29)39-7)41-22-18(36)21(16(34)11(5-28)40-22)43-24(23(37)38)3-9(31)14(26-8(2)30)20(42-24)15(33)10(32)4-27/h7,9-22,27-29,31-36H,3-6,25H2,1-2H3,(H,26,30)(H,37,38). The van der Waals surface area contributed by atoms with Crippen LogP contribution in [0.5, 0.6) is 0 Å². The number of carboxylic acid groups (broad SMARTS) is 1. The molecule has 13 N–H and O–H groups in total. The van der Waals surface area contributed by atoms with Crippen LogP contribution in [-0.2, 0) is 33.3 Å². The van der Waals surface area contributed by atoms with Crippen molar-refractivity contribution >= 4 is 11.9 Å². The minimum Gasteiger partial charge on any atom is -0.477 e. The maximum absolute atomic E-state index is 12.6. The number of hydrogen-bond donors (Lipinski definition) is 12. The van der Waals surface area contributed by atoms with E-state index in [-0.39, 0.29) is 0 Å². The van der Waals surface area contributed by atoms with Gasteiger partial charge in [0.2, 0.25) is 5.91 Å². The van der Waals surface area contributed by atoms with E-state index in [0.29, 0.717) is 0 Å². The normalized spacial score (nSPS) is 45.3. The zero-order valence-corrected chi connectivity index (χ0v) is 23.4. The van der Waals surface area contributed by atoms with Crippen LogP contribution in [0.25, 0.3) is 0 Å². The van der Waals surface area contributed by atoms with Crippen molar-refractivity contribution in [1.82, 2.24) is 5.32 Å². The third kappa shape index (κ3) is 7.43. The fraction of sp³-hybridized carbons (Fsp3) is 0.917. The molecular weight excluding hydrogens is 588 g/mol. The largest absolute Gasteiger partial charge is 0.477 e. The highest BCUT2D eigenvalue weighted by Crippen LogP contribution is 2.38. The number of aliphatic hydroxyl groups excluding tert-OH is 9. The Balaban J connectivity index is 1.94. The van der Waals surface area contributed by atoms with Gasteiger partial charge < -0.3 is 85.8 Å². The molecule has 3 saturated heterocycles. The van der Waals surface area contributed by atoms with Crippen molar-refractivity contribution < 1.29 is 84.3 Å². The average Bonchev–Trinajstić information content (AvgIpc) is 2.96. The van der Waals surface area contributed by atoms with Gasteiger partial charge in [-0.25, -0.2) is 4.79 Å². The molecule has 43 heavy (non-hydrogen) atoms. The van der Waals surface area contributed by atoms with Gasteiger partial charge in [0.05, 0.1) is 44.1 Å². The summed E-state index contributed by atoms with van der Waals surface area (Å²) in [7, 11) is 0. The Hall–Kier alpha value is -1.66. The van der Waals surface area contributed by atoms with Gasteiger partial charge in [-0.05, 0) is 6.92 Å². The van der Waals surface area contributed by atoms with Crippen molar-refractivity contribution in [2.24, 2.45) is 5.73 Å². The minimum atomic E-state index is -2.97. The Bertz CT molecular complexity index is 946. The van der Waals surface area contributed by atoms with E-state index in [1.54, 1.807) is 6.92 Å². The summed E-state index contributed by atoms with van der Waals surface area (Å²) in [5.41, 5.74) is 5.94. The third-order valence-corrected chi connectivity index (χ3v) is 7.83. The van der Waals surface area contributed by atoms with Gasteiger partial charge >= 0.3 is 5.97 Å². The van der Waals surface area contributed by atoms with Crippen LogP contribution in [0.15, 0.2) is 0 Å². The van der Waals surface area contributed by atoms with Crippen molar-refractivity contribution in [2.75, 3.05) is 19.8 Å². The Kier molecular flexibility index (Phi) is 12.2. The first-order chi connectivity index (χ1) is 20.1. The summed E-state index contributed by atoms with van der Waals surface area (Å²) in [4.78, 5) is 24.3. The molecule has 1 amide bonds. The van der Waals surface area contributed by atoms with Crippen LogP contribution in [0.3, 0.4) is 0 Å². The van der Waals surface area contributed by atoms with Crippen LogP contribution in [0.4, 0.5) is 0 Å². The zero-order chi connectivity index (χ0) is 32.4. The summed E-state index contributed by atoms with van der Waals surface area (Å²) < 4.78 is 27.8. The number of carbonyl (C=O) groups is 2. The molecule has 3 rings (SSSR count). The Labute approximate surface area is 245 Å². The molecule has 3 fully saturated rings.